The number of hydrogen-bond acceptors (Lipinski definition) is 8. The smallest absolute Gasteiger partial charge is 0.243 e. The Bertz CT molecular complexity index is 1640. The molecule has 1 aliphatic heterocycles. The van der Waals surface area contributed by atoms with Gasteiger partial charge in [0.15, 0.2) is 22.3 Å². The van der Waals surface area contributed by atoms with E-state index in [0.717, 1.165) is 35.7 Å². The van der Waals surface area contributed by atoms with Crippen molar-refractivity contribution < 1.29 is 22.7 Å². The molecule has 12 heteroatoms. The fourth-order valence-electron chi connectivity index (χ4n) is 4.93. The number of thioether (sulfide) groups is 1. The minimum Gasteiger partial charge on any atom is -0.493 e. The van der Waals surface area contributed by atoms with Crippen LogP contribution in [0.2, 0.25) is 0 Å². The van der Waals surface area contributed by atoms with Crippen molar-refractivity contribution in [3.63, 3.8) is 0 Å². The lowest BCUT2D eigenvalue weighted by atomic mass is 10.1. The predicted molar refractivity (Wildman–Crippen MR) is 151 cm³/mol. The number of aromatic nitrogens is 3. The number of aryl methyl sites for hydroxylation is 1. The van der Waals surface area contributed by atoms with Gasteiger partial charge in [-0.2, -0.15) is 4.31 Å². The molecule has 1 fully saturated rings. The van der Waals surface area contributed by atoms with Crippen LogP contribution >= 0.6 is 11.8 Å². The Morgan fingerprint density at radius 1 is 1.08 bits per heavy atom. The molecule has 5 rings (SSSR count). The summed E-state index contributed by atoms with van der Waals surface area (Å²) in [4.78, 5) is 13.0. The summed E-state index contributed by atoms with van der Waals surface area (Å²) in [5.74, 6) is 1.05. The molecular weight excluding hydrogens is 538 g/mol. The average Bonchev–Trinajstić information content (AvgIpc) is 3.37. The van der Waals surface area contributed by atoms with Crippen LogP contribution in [0.25, 0.3) is 16.6 Å². The standard InChI is InChI=1S/C27H31N5O5S2/c1-17-13-19-14-23(36-3)24(37-4)15-22(19)32-26(17)29-30-27(32)38-16-25(33)28-20-8-10-21(11-9-20)39(34,35)31-12-6-5-7-18(31)2/h8-11,13-15,18H,5-7,12,16H2,1-4H3,(H,28,33)/t18-/m0/s1. The number of piperidine rings is 1. The first-order valence-electron chi connectivity index (χ1n) is 12.7. The fourth-order valence-corrected chi connectivity index (χ4v) is 7.37. The molecule has 0 spiro atoms. The number of nitrogens with one attached hydrogen (secondary N) is 1. The second-order valence-electron chi connectivity index (χ2n) is 9.56. The number of anilines is 1. The number of benzene rings is 2. The molecule has 1 N–H and O–H groups in total. The largest absolute Gasteiger partial charge is 0.493 e. The van der Waals surface area contributed by atoms with Gasteiger partial charge < -0.3 is 14.8 Å². The molecule has 2 aromatic carbocycles. The highest BCUT2D eigenvalue weighted by atomic mass is 32.2. The maximum Gasteiger partial charge on any atom is 0.243 e. The fraction of sp³-hybridized carbons (Fsp3) is 0.370. The minimum absolute atomic E-state index is 0.0163. The number of rotatable bonds is 8. The maximum atomic E-state index is 13.1. The summed E-state index contributed by atoms with van der Waals surface area (Å²) in [5, 5.41) is 13.0. The van der Waals surface area contributed by atoms with E-state index in [0.29, 0.717) is 34.5 Å². The second kappa shape index (κ2) is 11.0. The average molecular weight is 570 g/mol. The second-order valence-corrected chi connectivity index (χ2v) is 12.4. The molecule has 10 nitrogen and oxygen atoms in total. The number of pyridine rings is 1. The summed E-state index contributed by atoms with van der Waals surface area (Å²) in [6.45, 7) is 4.43. The Morgan fingerprint density at radius 2 is 1.79 bits per heavy atom. The normalized spacial score (nSPS) is 16.5. The van der Waals surface area contributed by atoms with Gasteiger partial charge in [0.25, 0.3) is 0 Å². The summed E-state index contributed by atoms with van der Waals surface area (Å²) in [6.07, 6.45) is 2.77. The zero-order valence-corrected chi connectivity index (χ0v) is 23.9. The summed E-state index contributed by atoms with van der Waals surface area (Å²) in [6, 6.07) is 12.1. The lowest BCUT2D eigenvalue weighted by molar-refractivity contribution is -0.113. The number of sulfonamides is 1. The third-order valence-electron chi connectivity index (χ3n) is 6.95. The summed E-state index contributed by atoms with van der Waals surface area (Å²) >= 11 is 1.26. The first-order chi connectivity index (χ1) is 18.7. The Hall–Kier alpha value is -3.35. The summed E-state index contributed by atoms with van der Waals surface area (Å²) < 4.78 is 40.5. The van der Waals surface area contributed by atoms with E-state index < -0.39 is 10.0 Å². The van der Waals surface area contributed by atoms with Gasteiger partial charge in [0.1, 0.15) is 0 Å². The summed E-state index contributed by atoms with van der Waals surface area (Å²) in [5.41, 5.74) is 2.99. The molecular formula is C27H31N5O5S2. The van der Waals surface area contributed by atoms with Gasteiger partial charge in [-0.3, -0.25) is 9.20 Å². The van der Waals surface area contributed by atoms with Gasteiger partial charge in [-0.1, -0.05) is 18.2 Å². The first-order valence-corrected chi connectivity index (χ1v) is 15.1. The quantitative estimate of drug-likeness (QED) is 0.309. The molecule has 0 radical (unpaired) electrons. The lowest BCUT2D eigenvalue weighted by Crippen LogP contribution is -2.41. The van der Waals surface area contributed by atoms with Crippen LogP contribution in [0, 0.1) is 6.92 Å². The number of amides is 1. The number of hydrogen-bond donors (Lipinski definition) is 1. The Balaban J connectivity index is 1.31. The molecule has 3 heterocycles. The van der Waals surface area contributed by atoms with Crippen molar-refractivity contribution in [1.82, 2.24) is 18.9 Å². The Morgan fingerprint density at radius 3 is 2.49 bits per heavy atom. The number of ether oxygens (including phenoxy) is 2. The maximum absolute atomic E-state index is 13.1. The third kappa shape index (κ3) is 5.28. The molecule has 1 saturated heterocycles. The van der Waals surface area contributed by atoms with Crippen molar-refractivity contribution in [3.8, 4) is 11.5 Å². The van der Waals surface area contributed by atoms with Crippen LogP contribution in [0.3, 0.4) is 0 Å². The topological polar surface area (TPSA) is 115 Å². The van der Waals surface area contributed by atoms with Crippen LogP contribution in [0.1, 0.15) is 31.7 Å². The number of carbonyl (C=O) groups excluding carboxylic acids is 1. The molecule has 0 saturated carbocycles. The molecule has 1 atom stereocenters. The molecule has 39 heavy (non-hydrogen) atoms. The highest BCUT2D eigenvalue weighted by Gasteiger charge is 2.30. The van der Waals surface area contributed by atoms with Gasteiger partial charge in [0, 0.05) is 29.7 Å². The van der Waals surface area contributed by atoms with Crippen molar-refractivity contribution in [2.75, 3.05) is 31.8 Å². The van der Waals surface area contributed by atoms with Gasteiger partial charge in [0.05, 0.1) is 30.4 Å². The third-order valence-corrected chi connectivity index (χ3v) is 9.91. The molecule has 4 aromatic rings. The van der Waals surface area contributed by atoms with Crippen LogP contribution in [-0.2, 0) is 14.8 Å². The molecule has 206 valence electrons. The van der Waals surface area contributed by atoms with Crippen molar-refractivity contribution in [3.05, 3.63) is 48.0 Å². The molecule has 0 unspecified atom stereocenters. The van der Waals surface area contributed by atoms with Crippen LogP contribution in [0.4, 0.5) is 5.69 Å². The van der Waals surface area contributed by atoms with Gasteiger partial charge >= 0.3 is 0 Å². The van der Waals surface area contributed by atoms with Crippen molar-refractivity contribution in [1.29, 1.82) is 0 Å². The predicted octanol–water partition coefficient (Wildman–Crippen LogP) is 4.50. The van der Waals surface area contributed by atoms with E-state index in [1.165, 1.54) is 11.8 Å². The Labute approximate surface area is 231 Å². The number of carbonyl (C=O) groups is 1. The SMILES string of the molecule is COc1cc2cc(C)c3nnc(SCC(=O)Nc4ccc(S(=O)(=O)N5CCCC[C@@H]5C)cc4)n3c2cc1OC. The van der Waals surface area contributed by atoms with Crippen molar-refractivity contribution in [2.24, 2.45) is 0 Å². The van der Waals surface area contributed by atoms with E-state index >= 15 is 0 Å². The van der Waals surface area contributed by atoms with Crippen LogP contribution in [-0.4, -0.2) is 65.8 Å². The van der Waals surface area contributed by atoms with Crippen LogP contribution in [0.15, 0.2) is 52.5 Å². The number of methoxy groups -OCH3 is 2. The van der Waals surface area contributed by atoms with E-state index in [-0.39, 0.29) is 22.6 Å². The molecule has 0 aliphatic carbocycles. The molecule has 1 aliphatic rings. The first kappa shape index (κ1) is 27.2. The van der Waals surface area contributed by atoms with Crippen LogP contribution in [0.5, 0.6) is 11.5 Å². The van der Waals surface area contributed by atoms with Gasteiger partial charge in [-0.15, -0.1) is 10.2 Å². The monoisotopic (exact) mass is 569 g/mol. The van der Waals surface area contributed by atoms with E-state index in [1.807, 2.05) is 36.4 Å². The summed E-state index contributed by atoms with van der Waals surface area (Å²) in [7, 11) is -0.393. The van der Waals surface area contributed by atoms with Crippen molar-refractivity contribution in [2.45, 2.75) is 49.2 Å². The molecule has 2 aromatic heterocycles. The minimum atomic E-state index is -3.57. The van der Waals surface area contributed by atoms with E-state index in [4.69, 9.17) is 9.47 Å². The van der Waals surface area contributed by atoms with E-state index in [9.17, 15) is 13.2 Å². The van der Waals surface area contributed by atoms with E-state index in [2.05, 4.69) is 15.5 Å². The van der Waals surface area contributed by atoms with E-state index in [1.54, 1.807) is 42.8 Å². The number of nitrogens with zero attached hydrogens (tertiary/aromatic N) is 4. The van der Waals surface area contributed by atoms with Gasteiger partial charge in [0.2, 0.25) is 15.9 Å². The Kier molecular flexibility index (Phi) is 7.70. The van der Waals surface area contributed by atoms with Gasteiger partial charge in [-0.05, 0) is 68.7 Å². The lowest BCUT2D eigenvalue weighted by Gasteiger charge is -2.32. The zero-order chi connectivity index (χ0) is 27.7. The highest BCUT2D eigenvalue weighted by Crippen LogP contribution is 2.35. The zero-order valence-electron chi connectivity index (χ0n) is 22.3. The highest BCUT2D eigenvalue weighted by molar-refractivity contribution is 7.99. The van der Waals surface area contributed by atoms with Crippen LogP contribution < -0.4 is 14.8 Å². The molecule has 0 bridgehead atoms. The van der Waals surface area contributed by atoms with Crippen molar-refractivity contribution >= 4 is 49.9 Å². The molecule has 1 amide bonds. The van der Waals surface area contributed by atoms with Gasteiger partial charge in [-0.25, -0.2) is 8.42 Å². The number of fused-ring (bicyclic) bond motifs is 3.